The average Bonchev–Trinajstić information content (AvgIpc) is 2.80. The van der Waals surface area contributed by atoms with Gasteiger partial charge in [-0.15, -0.1) is 0 Å². The van der Waals surface area contributed by atoms with Gasteiger partial charge in [-0.1, -0.05) is 47.0 Å². The van der Waals surface area contributed by atoms with Crippen LogP contribution in [-0.2, 0) is 0 Å². The third-order valence-electron chi connectivity index (χ3n) is 3.59. The lowest BCUT2D eigenvalue weighted by Gasteiger charge is -2.10. The summed E-state index contributed by atoms with van der Waals surface area (Å²) in [6.45, 7) is 9.48. The standard InChI is InChI=1S/C13H26/c1-5-6-7-11(4)8-12-9-13(12)10(2)3/h10-13H,5-9H2,1-4H3. The van der Waals surface area contributed by atoms with Gasteiger partial charge in [0.05, 0.1) is 0 Å². The molecule has 0 radical (unpaired) electrons. The van der Waals surface area contributed by atoms with Crippen LogP contribution in [0.5, 0.6) is 0 Å². The Morgan fingerprint density at radius 1 is 1.23 bits per heavy atom. The SMILES string of the molecule is CCCCC(C)CC1CC1C(C)C. The Bertz CT molecular complexity index is 137. The fraction of sp³-hybridized carbons (Fsp3) is 1.00. The molecule has 0 spiro atoms. The van der Waals surface area contributed by atoms with Gasteiger partial charge >= 0.3 is 0 Å². The van der Waals surface area contributed by atoms with Crippen molar-refractivity contribution in [1.29, 1.82) is 0 Å². The van der Waals surface area contributed by atoms with Gasteiger partial charge in [0.2, 0.25) is 0 Å². The van der Waals surface area contributed by atoms with Crippen molar-refractivity contribution in [3.63, 3.8) is 0 Å². The van der Waals surface area contributed by atoms with Crippen molar-refractivity contribution in [3.8, 4) is 0 Å². The second-order valence-electron chi connectivity index (χ2n) is 5.39. The topological polar surface area (TPSA) is 0 Å². The molecule has 0 saturated heterocycles. The first-order valence-electron chi connectivity index (χ1n) is 6.15. The number of rotatable bonds is 6. The maximum absolute atomic E-state index is 2.44. The molecule has 1 aliphatic carbocycles. The largest absolute Gasteiger partial charge is 0.0654 e. The van der Waals surface area contributed by atoms with Gasteiger partial charge in [-0.3, -0.25) is 0 Å². The van der Waals surface area contributed by atoms with Crippen molar-refractivity contribution in [2.45, 2.75) is 59.8 Å². The molecule has 0 nitrogen and oxygen atoms in total. The number of unbranched alkanes of at least 4 members (excludes halogenated alkanes) is 1. The van der Waals surface area contributed by atoms with Gasteiger partial charge in [0, 0.05) is 0 Å². The second-order valence-corrected chi connectivity index (χ2v) is 5.39. The van der Waals surface area contributed by atoms with Gasteiger partial charge in [-0.05, 0) is 36.5 Å². The zero-order chi connectivity index (χ0) is 9.84. The summed E-state index contributed by atoms with van der Waals surface area (Å²) in [4.78, 5) is 0. The van der Waals surface area contributed by atoms with Crippen molar-refractivity contribution < 1.29 is 0 Å². The van der Waals surface area contributed by atoms with E-state index in [0.717, 1.165) is 23.7 Å². The molecule has 3 unspecified atom stereocenters. The summed E-state index contributed by atoms with van der Waals surface area (Å²) < 4.78 is 0. The van der Waals surface area contributed by atoms with Gasteiger partial charge in [-0.2, -0.15) is 0 Å². The van der Waals surface area contributed by atoms with E-state index in [-0.39, 0.29) is 0 Å². The Hall–Kier alpha value is 0. The smallest absolute Gasteiger partial charge is 0.0360 e. The van der Waals surface area contributed by atoms with Crippen LogP contribution in [0.2, 0.25) is 0 Å². The number of hydrogen-bond acceptors (Lipinski definition) is 0. The monoisotopic (exact) mass is 182 g/mol. The third-order valence-corrected chi connectivity index (χ3v) is 3.59. The van der Waals surface area contributed by atoms with E-state index in [2.05, 4.69) is 27.7 Å². The lowest BCUT2D eigenvalue weighted by atomic mass is 9.95. The van der Waals surface area contributed by atoms with E-state index in [9.17, 15) is 0 Å². The van der Waals surface area contributed by atoms with Crippen LogP contribution in [-0.4, -0.2) is 0 Å². The predicted octanol–water partition coefficient (Wildman–Crippen LogP) is 4.49. The maximum Gasteiger partial charge on any atom is -0.0360 e. The highest BCUT2D eigenvalue weighted by atomic mass is 14.4. The molecule has 0 heteroatoms. The van der Waals surface area contributed by atoms with E-state index in [1.165, 1.54) is 32.1 Å². The molecule has 0 aliphatic heterocycles. The Balaban J connectivity index is 2.06. The molecule has 1 aliphatic rings. The molecule has 0 amide bonds. The van der Waals surface area contributed by atoms with E-state index in [1.807, 2.05) is 0 Å². The normalized spacial score (nSPS) is 29.3. The van der Waals surface area contributed by atoms with Crippen LogP contribution < -0.4 is 0 Å². The van der Waals surface area contributed by atoms with E-state index in [0.29, 0.717) is 0 Å². The molecular formula is C13H26. The molecular weight excluding hydrogens is 156 g/mol. The van der Waals surface area contributed by atoms with Crippen molar-refractivity contribution in [2.24, 2.45) is 23.7 Å². The van der Waals surface area contributed by atoms with E-state index < -0.39 is 0 Å². The Morgan fingerprint density at radius 2 is 1.92 bits per heavy atom. The molecule has 0 aromatic heterocycles. The fourth-order valence-corrected chi connectivity index (χ4v) is 2.55. The number of hydrogen-bond donors (Lipinski definition) is 0. The van der Waals surface area contributed by atoms with Gasteiger partial charge < -0.3 is 0 Å². The summed E-state index contributed by atoms with van der Waals surface area (Å²) >= 11 is 0. The molecule has 3 atom stereocenters. The van der Waals surface area contributed by atoms with Crippen LogP contribution in [0.25, 0.3) is 0 Å². The summed E-state index contributed by atoms with van der Waals surface area (Å²) in [7, 11) is 0. The van der Waals surface area contributed by atoms with Crippen molar-refractivity contribution in [3.05, 3.63) is 0 Å². The van der Waals surface area contributed by atoms with E-state index in [1.54, 1.807) is 0 Å². The second kappa shape index (κ2) is 5.02. The summed E-state index contributed by atoms with van der Waals surface area (Å²) in [5.74, 6) is 4.08. The molecule has 78 valence electrons. The first-order chi connectivity index (χ1) is 6.15. The quantitative estimate of drug-likeness (QED) is 0.567. The summed E-state index contributed by atoms with van der Waals surface area (Å²) in [6.07, 6.45) is 7.28. The molecule has 0 heterocycles. The minimum Gasteiger partial charge on any atom is -0.0654 e. The Morgan fingerprint density at radius 3 is 2.38 bits per heavy atom. The minimum absolute atomic E-state index is 0.934. The van der Waals surface area contributed by atoms with Crippen LogP contribution >= 0.6 is 0 Å². The molecule has 0 bridgehead atoms. The van der Waals surface area contributed by atoms with E-state index in [4.69, 9.17) is 0 Å². The molecule has 1 saturated carbocycles. The summed E-state index contributed by atoms with van der Waals surface area (Å²) in [6, 6.07) is 0. The summed E-state index contributed by atoms with van der Waals surface area (Å²) in [5, 5.41) is 0. The Kier molecular flexibility index (Phi) is 4.28. The van der Waals surface area contributed by atoms with Crippen LogP contribution in [0.4, 0.5) is 0 Å². The molecule has 13 heavy (non-hydrogen) atoms. The lowest BCUT2D eigenvalue weighted by molar-refractivity contribution is 0.409. The van der Waals surface area contributed by atoms with Gasteiger partial charge in [0.1, 0.15) is 0 Å². The van der Waals surface area contributed by atoms with Crippen LogP contribution in [0.1, 0.15) is 59.8 Å². The zero-order valence-corrected chi connectivity index (χ0v) is 9.84. The fourth-order valence-electron chi connectivity index (χ4n) is 2.55. The highest BCUT2D eigenvalue weighted by Crippen LogP contribution is 2.48. The van der Waals surface area contributed by atoms with Gasteiger partial charge in [0.25, 0.3) is 0 Å². The zero-order valence-electron chi connectivity index (χ0n) is 9.84. The van der Waals surface area contributed by atoms with Crippen LogP contribution in [0.15, 0.2) is 0 Å². The predicted molar refractivity (Wildman–Crippen MR) is 59.7 cm³/mol. The molecule has 1 fully saturated rings. The lowest BCUT2D eigenvalue weighted by Crippen LogP contribution is -1.99. The van der Waals surface area contributed by atoms with Crippen LogP contribution in [0.3, 0.4) is 0 Å². The first-order valence-corrected chi connectivity index (χ1v) is 6.15. The molecule has 0 aromatic carbocycles. The minimum atomic E-state index is 0.934. The Labute approximate surface area is 84.1 Å². The molecule has 1 rings (SSSR count). The van der Waals surface area contributed by atoms with E-state index >= 15 is 0 Å². The average molecular weight is 182 g/mol. The third kappa shape index (κ3) is 3.70. The van der Waals surface area contributed by atoms with Crippen molar-refractivity contribution >= 4 is 0 Å². The first kappa shape index (κ1) is 11.1. The van der Waals surface area contributed by atoms with Gasteiger partial charge in [0.15, 0.2) is 0 Å². The summed E-state index contributed by atoms with van der Waals surface area (Å²) in [5.41, 5.74) is 0. The van der Waals surface area contributed by atoms with Crippen molar-refractivity contribution in [2.75, 3.05) is 0 Å². The van der Waals surface area contributed by atoms with Gasteiger partial charge in [-0.25, -0.2) is 0 Å². The van der Waals surface area contributed by atoms with Crippen molar-refractivity contribution in [1.82, 2.24) is 0 Å². The highest BCUT2D eigenvalue weighted by Gasteiger charge is 2.39. The van der Waals surface area contributed by atoms with Crippen LogP contribution in [0, 0.1) is 23.7 Å². The maximum atomic E-state index is 2.44. The molecule has 0 aromatic rings. The molecule has 0 N–H and O–H groups in total. The highest BCUT2D eigenvalue weighted by molar-refractivity contribution is 4.88.